The van der Waals surface area contributed by atoms with Gasteiger partial charge in [-0.3, -0.25) is 5.10 Å². The molecule has 1 heterocycles. The van der Waals surface area contributed by atoms with Gasteiger partial charge in [-0.25, -0.2) is 0 Å². The summed E-state index contributed by atoms with van der Waals surface area (Å²) in [7, 11) is 0. The molecule has 0 saturated heterocycles. The molecule has 0 aromatic carbocycles. The van der Waals surface area contributed by atoms with Gasteiger partial charge in [-0.1, -0.05) is 13.8 Å². The molecule has 4 heteroatoms. The molecule has 1 atom stereocenters. The van der Waals surface area contributed by atoms with E-state index in [4.69, 9.17) is 5.73 Å². The van der Waals surface area contributed by atoms with Crippen molar-refractivity contribution in [2.45, 2.75) is 40.2 Å². The van der Waals surface area contributed by atoms with Crippen LogP contribution >= 0.6 is 0 Å². The fraction of sp³-hybridized carbons (Fsp3) is 0.750. The highest BCUT2D eigenvalue weighted by Gasteiger charge is 2.11. The summed E-state index contributed by atoms with van der Waals surface area (Å²) in [6, 6.07) is 0.410. The van der Waals surface area contributed by atoms with Crippen LogP contribution in [0.3, 0.4) is 0 Å². The molecule has 4 nitrogen and oxygen atoms in total. The Kier molecular flexibility index (Phi) is 4.96. The quantitative estimate of drug-likeness (QED) is 0.679. The number of hydrogen-bond acceptors (Lipinski definition) is 3. The molecule has 0 amide bonds. The third kappa shape index (κ3) is 3.32. The molecule has 0 fully saturated rings. The number of hydrogen-bond donors (Lipinski definition) is 3. The number of H-pyrrole nitrogens is 1. The van der Waals surface area contributed by atoms with Crippen LogP contribution in [0, 0.1) is 19.8 Å². The van der Waals surface area contributed by atoms with Gasteiger partial charge in [0.05, 0.1) is 5.69 Å². The molecule has 1 aromatic heterocycles. The highest BCUT2D eigenvalue weighted by atomic mass is 15.1. The van der Waals surface area contributed by atoms with Gasteiger partial charge in [0.15, 0.2) is 0 Å². The van der Waals surface area contributed by atoms with Gasteiger partial charge in [-0.15, -0.1) is 0 Å². The van der Waals surface area contributed by atoms with Crippen LogP contribution in [0.2, 0.25) is 0 Å². The van der Waals surface area contributed by atoms with Crippen molar-refractivity contribution in [1.29, 1.82) is 0 Å². The first-order valence-electron chi connectivity index (χ1n) is 6.00. The lowest BCUT2D eigenvalue weighted by Gasteiger charge is -2.20. The summed E-state index contributed by atoms with van der Waals surface area (Å²) in [5.41, 5.74) is 9.32. The van der Waals surface area contributed by atoms with Crippen molar-refractivity contribution in [2.24, 2.45) is 11.7 Å². The van der Waals surface area contributed by atoms with Crippen molar-refractivity contribution in [3.8, 4) is 0 Å². The predicted octanol–water partition coefficient (Wildman–Crippen LogP) is 1.14. The monoisotopic (exact) mass is 224 g/mol. The summed E-state index contributed by atoms with van der Waals surface area (Å²) < 4.78 is 0. The number of rotatable bonds is 6. The van der Waals surface area contributed by atoms with Crippen molar-refractivity contribution in [3.05, 3.63) is 17.0 Å². The van der Waals surface area contributed by atoms with Crippen LogP contribution in [0.25, 0.3) is 0 Å². The van der Waals surface area contributed by atoms with E-state index in [9.17, 15) is 0 Å². The largest absolute Gasteiger partial charge is 0.329 e. The van der Waals surface area contributed by atoms with E-state index in [1.807, 2.05) is 6.92 Å². The van der Waals surface area contributed by atoms with Crippen molar-refractivity contribution in [1.82, 2.24) is 15.5 Å². The highest BCUT2D eigenvalue weighted by molar-refractivity contribution is 5.23. The Morgan fingerprint density at radius 3 is 2.50 bits per heavy atom. The third-order valence-corrected chi connectivity index (χ3v) is 3.12. The molecule has 1 unspecified atom stereocenters. The molecule has 92 valence electrons. The lowest BCUT2D eigenvalue weighted by atomic mass is 10.0. The number of aryl methyl sites for hydroxylation is 2. The van der Waals surface area contributed by atoms with Crippen molar-refractivity contribution in [3.63, 3.8) is 0 Å². The Balaban J connectivity index is 2.41. The molecule has 0 bridgehead atoms. The van der Waals surface area contributed by atoms with Gasteiger partial charge in [0.1, 0.15) is 0 Å². The first-order chi connectivity index (χ1) is 7.56. The number of nitrogens with two attached hydrogens (primary N) is 1. The van der Waals surface area contributed by atoms with Gasteiger partial charge in [-0.05, 0) is 38.3 Å². The zero-order chi connectivity index (χ0) is 12.1. The summed E-state index contributed by atoms with van der Waals surface area (Å²) >= 11 is 0. The summed E-state index contributed by atoms with van der Waals surface area (Å²) in [4.78, 5) is 0. The molecule has 0 aliphatic heterocycles. The van der Waals surface area contributed by atoms with Crippen molar-refractivity contribution < 1.29 is 0 Å². The maximum absolute atomic E-state index is 5.71. The summed E-state index contributed by atoms with van der Waals surface area (Å²) in [6.45, 7) is 10.2. The zero-order valence-corrected chi connectivity index (χ0v) is 10.8. The van der Waals surface area contributed by atoms with Crippen LogP contribution in [0.5, 0.6) is 0 Å². The molecule has 1 rings (SSSR count). The molecular formula is C12H24N4. The maximum atomic E-state index is 5.71. The van der Waals surface area contributed by atoms with E-state index >= 15 is 0 Å². The number of nitrogens with one attached hydrogen (secondary N) is 2. The minimum absolute atomic E-state index is 0.410. The lowest BCUT2D eigenvalue weighted by Crippen LogP contribution is -2.41. The van der Waals surface area contributed by atoms with Crippen molar-refractivity contribution >= 4 is 0 Å². The topological polar surface area (TPSA) is 66.7 Å². The van der Waals surface area contributed by atoms with Crippen LogP contribution in [0.15, 0.2) is 0 Å². The fourth-order valence-corrected chi connectivity index (χ4v) is 1.92. The fourth-order valence-electron chi connectivity index (χ4n) is 1.92. The average molecular weight is 224 g/mol. The van der Waals surface area contributed by atoms with E-state index in [2.05, 4.69) is 36.3 Å². The second-order valence-corrected chi connectivity index (χ2v) is 4.70. The van der Waals surface area contributed by atoms with E-state index < -0.39 is 0 Å². The second kappa shape index (κ2) is 6.01. The Morgan fingerprint density at radius 1 is 1.38 bits per heavy atom. The minimum atomic E-state index is 0.410. The Bertz CT molecular complexity index is 297. The molecule has 0 aliphatic carbocycles. The first kappa shape index (κ1) is 13.2. The Labute approximate surface area is 98.0 Å². The molecule has 0 spiro atoms. The summed E-state index contributed by atoms with van der Waals surface area (Å²) in [6.07, 6.45) is 1.01. The minimum Gasteiger partial charge on any atom is -0.329 e. The van der Waals surface area contributed by atoms with Gasteiger partial charge in [0.25, 0.3) is 0 Å². The number of nitrogens with zero attached hydrogens (tertiary/aromatic N) is 1. The smallest absolute Gasteiger partial charge is 0.0626 e. The molecule has 0 radical (unpaired) electrons. The van der Waals surface area contributed by atoms with Crippen LogP contribution in [0.4, 0.5) is 0 Å². The van der Waals surface area contributed by atoms with E-state index in [1.54, 1.807) is 0 Å². The van der Waals surface area contributed by atoms with E-state index in [1.165, 1.54) is 11.3 Å². The van der Waals surface area contributed by atoms with Gasteiger partial charge < -0.3 is 11.1 Å². The van der Waals surface area contributed by atoms with Crippen LogP contribution in [0.1, 0.15) is 30.8 Å². The van der Waals surface area contributed by atoms with Gasteiger partial charge in [0, 0.05) is 18.3 Å². The molecular weight excluding hydrogens is 200 g/mol. The SMILES string of the molecule is Cc1n[nH]c(C)c1CCNC(CN)C(C)C. The standard InChI is InChI=1S/C12H24N4/c1-8(2)12(7-13)14-6-5-11-9(3)15-16-10(11)4/h8,12,14H,5-7,13H2,1-4H3,(H,15,16). The zero-order valence-electron chi connectivity index (χ0n) is 10.8. The lowest BCUT2D eigenvalue weighted by molar-refractivity contribution is 0.408. The van der Waals surface area contributed by atoms with Crippen LogP contribution in [-0.2, 0) is 6.42 Å². The number of aromatic amines is 1. The van der Waals surface area contributed by atoms with Gasteiger partial charge in [0.2, 0.25) is 0 Å². The molecule has 0 aliphatic rings. The highest BCUT2D eigenvalue weighted by Crippen LogP contribution is 2.09. The second-order valence-electron chi connectivity index (χ2n) is 4.70. The normalized spacial score (nSPS) is 13.4. The maximum Gasteiger partial charge on any atom is 0.0626 e. The Morgan fingerprint density at radius 2 is 2.06 bits per heavy atom. The van der Waals surface area contributed by atoms with Gasteiger partial charge in [-0.2, -0.15) is 5.10 Å². The van der Waals surface area contributed by atoms with Crippen LogP contribution in [-0.4, -0.2) is 29.3 Å². The van der Waals surface area contributed by atoms with Crippen molar-refractivity contribution in [2.75, 3.05) is 13.1 Å². The van der Waals surface area contributed by atoms with E-state index in [0.717, 1.165) is 18.7 Å². The molecule has 0 saturated carbocycles. The number of aromatic nitrogens is 2. The predicted molar refractivity (Wildman–Crippen MR) is 67.4 cm³/mol. The molecule has 4 N–H and O–H groups in total. The Hall–Kier alpha value is -0.870. The molecule has 1 aromatic rings. The first-order valence-corrected chi connectivity index (χ1v) is 6.00. The average Bonchev–Trinajstić information content (AvgIpc) is 2.54. The molecule has 16 heavy (non-hydrogen) atoms. The summed E-state index contributed by atoms with van der Waals surface area (Å²) in [5, 5.41) is 10.7. The summed E-state index contributed by atoms with van der Waals surface area (Å²) in [5.74, 6) is 0.580. The third-order valence-electron chi connectivity index (χ3n) is 3.12. The van der Waals surface area contributed by atoms with Gasteiger partial charge >= 0.3 is 0 Å². The van der Waals surface area contributed by atoms with E-state index in [-0.39, 0.29) is 0 Å². The van der Waals surface area contributed by atoms with Crippen LogP contribution < -0.4 is 11.1 Å². The van der Waals surface area contributed by atoms with E-state index in [0.29, 0.717) is 18.5 Å².